The number of ether oxygens (including phenoxy) is 1. The monoisotopic (exact) mass is 317 g/mol. The number of hydrogen-bond acceptors (Lipinski definition) is 5. The van der Waals surface area contributed by atoms with Gasteiger partial charge in [-0.15, -0.1) is 0 Å². The molecule has 2 aromatic carbocycles. The van der Waals surface area contributed by atoms with E-state index < -0.39 is 0 Å². The summed E-state index contributed by atoms with van der Waals surface area (Å²) >= 11 is 0. The first kappa shape index (κ1) is 14.2. The van der Waals surface area contributed by atoms with Crippen LogP contribution in [0.4, 0.5) is 11.5 Å². The van der Waals surface area contributed by atoms with Gasteiger partial charge < -0.3 is 10.1 Å². The van der Waals surface area contributed by atoms with E-state index in [0.717, 1.165) is 33.6 Å². The van der Waals surface area contributed by atoms with Gasteiger partial charge in [-0.25, -0.2) is 9.97 Å². The van der Waals surface area contributed by atoms with E-state index in [-0.39, 0.29) is 0 Å². The normalized spacial score (nSPS) is 10.7. The van der Waals surface area contributed by atoms with E-state index in [1.54, 1.807) is 19.6 Å². The third-order valence-electron chi connectivity index (χ3n) is 3.76. The zero-order chi connectivity index (χ0) is 16.4. The van der Waals surface area contributed by atoms with Crippen LogP contribution >= 0.6 is 0 Å². The Hall–Kier alpha value is -3.41. The first-order chi connectivity index (χ1) is 11.8. The molecular weight excluding hydrogens is 302 g/mol. The van der Waals surface area contributed by atoms with E-state index in [9.17, 15) is 0 Å². The van der Waals surface area contributed by atoms with E-state index in [1.807, 2.05) is 48.5 Å². The number of para-hydroxylation sites is 1. The molecule has 0 saturated carbocycles. The predicted octanol–water partition coefficient (Wildman–Crippen LogP) is 3.77. The molecule has 0 aliphatic heterocycles. The molecule has 0 spiro atoms. The molecule has 118 valence electrons. The van der Waals surface area contributed by atoms with Gasteiger partial charge in [-0.1, -0.05) is 12.1 Å². The molecule has 0 atom stereocenters. The molecule has 24 heavy (non-hydrogen) atoms. The van der Waals surface area contributed by atoms with E-state index in [2.05, 4.69) is 25.5 Å². The number of rotatable bonds is 4. The Morgan fingerprint density at radius 2 is 1.96 bits per heavy atom. The highest BCUT2D eigenvalue weighted by atomic mass is 16.5. The summed E-state index contributed by atoms with van der Waals surface area (Å²) in [6.07, 6.45) is 3.33. The van der Waals surface area contributed by atoms with Crippen LogP contribution in [0.3, 0.4) is 0 Å². The maximum Gasteiger partial charge on any atom is 0.134 e. The molecule has 0 aliphatic carbocycles. The Morgan fingerprint density at radius 1 is 1.04 bits per heavy atom. The molecule has 4 aromatic rings. The first-order valence-electron chi connectivity index (χ1n) is 7.49. The fourth-order valence-corrected chi connectivity index (χ4v) is 2.60. The van der Waals surface area contributed by atoms with Gasteiger partial charge in [0.2, 0.25) is 0 Å². The SMILES string of the molecule is COc1ccccc1-c1cc(Nc2ccc3[nH]ncc3c2)ncn1. The van der Waals surface area contributed by atoms with Gasteiger partial charge in [0.15, 0.2) is 0 Å². The number of H-pyrrole nitrogens is 1. The van der Waals surface area contributed by atoms with E-state index in [4.69, 9.17) is 4.74 Å². The van der Waals surface area contributed by atoms with Gasteiger partial charge in [0.05, 0.1) is 24.5 Å². The zero-order valence-electron chi connectivity index (χ0n) is 13.0. The lowest BCUT2D eigenvalue weighted by Crippen LogP contribution is -1.96. The second kappa shape index (κ2) is 6.00. The Kier molecular flexibility index (Phi) is 3.55. The highest BCUT2D eigenvalue weighted by molar-refractivity contribution is 5.83. The van der Waals surface area contributed by atoms with Crippen molar-refractivity contribution in [1.82, 2.24) is 20.2 Å². The number of nitrogens with one attached hydrogen (secondary N) is 2. The summed E-state index contributed by atoms with van der Waals surface area (Å²) < 4.78 is 5.41. The van der Waals surface area contributed by atoms with Gasteiger partial charge in [-0.3, -0.25) is 5.10 Å². The summed E-state index contributed by atoms with van der Waals surface area (Å²) in [5.74, 6) is 1.50. The summed E-state index contributed by atoms with van der Waals surface area (Å²) in [6, 6.07) is 15.7. The van der Waals surface area contributed by atoms with Gasteiger partial charge in [-0.2, -0.15) is 5.10 Å². The van der Waals surface area contributed by atoms with Crippen molar-refractivity contribution >= 4 is 22.4 Å². The van der Waals surface area contributed by atoms with Crippen molar-refractivity contribution in [3.63, 3.8) is 0 Å². The summed E-state index contributed by atoms with van der Waals surface area (Å²) in [5.41, 5.74) is 3.66. The predicted molar refractivity (Wildman–Crippen MR) is 93.4 cm³/mol. The van der Waals surface area contributed by atoms with Gasteiger partial charge in [0.25, 0.3) is 0 Å². The van der Waals surface area contributed by atoms with Crippen LogP contribution in [-0.4, -0.2) is 27.3 Å². The number of anilines is 2. The second-order valence-electron chi connectivity index (χ2n) is 5.29. The standard InChI is InChI=1S/C18H15N5O/c1-24-17-5-3-2-4-14(17)16-9-18(20-11-19-16)22-13-6-7-15-12(8-13)10-21-23-15/h2-11H,1H3,(H,21,23)(H,19,20,22). The highest BCUT2D eigenvalue weighted by Gasteiger charge is 2.08. The van der Waals surface area contributed by atoms with Gasteiger partial charge >= 0.3 is 0 Å². The molecule has 0 amide bonds. The molecule has 0 unspecified atom stereocenters. The molecule has 2 aromatic heterocycles. The fourth-order valence-electron chi connectivity index (χ4n) is 2.60. The largest absolute Gasteiger partial charge is 0.496 e. The first-order valence-corrected chi connectivity index (χ1v) is 7.49. The number of aromatic nitrogens is 4. The van der Waals surface area contributed by atoms with Gasteiger partial charge in [-0.05, 0) is 30.3 Å². The van der Waals surface area contributed by atoms with Crippen LogP contribution in [-0.2, 0) is 0 Å². The Balaban J connectivity index is 1.67. The molecule has 4 rings (SSSR count). The number of methoxy groups -OCH3 is 1. The third-order valence-corrected chi connectivity index (χ3v) is 3.76. The maximum atomic E-state index is 5.41. The number of aromatic amines is 1. The zero-order valence-corrected chi connectivity index (χ0v) is 13.0. The lowest BCUT2D eigenvalue weighted by Gasteiger charge is -2.10. The highest BCUT2D eigenvalue weighted by Crippen LogP contribution is 2.29. The van der Waals surface area contributed by atoms with Gasteiger partial charge in [0.1, 0.15) is 17.9 Å². The van der Waals surface area contributed by atoms with Gasteiger partial charge in [0, 0.05) is 22.7 Å². The maximum absolute atomic E-state index is 5.41. The van der Waals surface area contributed by atoms with Crippen LogP contribution in [0.2, 0.25) is 0 Å². The number of hydrogen-bond donors (Lipinski definition) is 2. The Morgan fingerprint density at radius 3 is 2.88 bits per heavy atom. The molecule has 6 heteroatoms. The van der Waals surface area contributed by atoms with Crippen molar-refractivity contribution in [2.45, 2.75) is 0 Å². The topological polar surface area (TPSA) is 75.7 Å². The van der Waals surface area contributed by atoms with Crippen LogP contribution in [0.1, 0.15) is 0 Å². The van der Waals surface area contributed by atoms with Crippen LogP contribution in [0, 0.1) is 0 Å². The second-order valence-corrected chi connectivity index (χ2v) is 5.29. The van der Waals surface area contributed by atoms with Crippen LogP contribution in [0.15, 0.2) is 61.1 Å². The fraction of sp³-hybridized carbons (Fsp3) is 0.0556. The van der Waals surface area contributed by atoms with Crippen molar-refractivity contribution < 1.29 is 4.74 Å². The van der Waals surface area contributed by atoms with Crippen LogP contribution in [0.25, 0.3) is 22.2 Å². The Bertz CT molecular complexity index is 995. The molecular formula is C18H15N5O. The summed E-state index contributed by atoms with van der Waals surface area (Å²) in [4.78, 5) is 8.65. The minimum atomic E-state index is 0.716. The smallest absolute Gasteiger partial charge is 0.134 e. The van der Waals surface area contributed by atoms with Crippen LogP contribution in [0.5, 0.6) is 5.75 Å². The lowest BCUT2D eigenvalue weighted by molar-refractivity contribution is 0.416. The summed E-state index contributed by atoms with van der Waals surface area (Å²) in [5, 5.41) is 11.3. The summed E-state index contributed by atoms with van der Waals surface area (Å²) in [6.45, 7) is 0. The molecule has 0 fully saturated rings. The van der Waals surface area contributed by atoms with Crippen molar-refractivity contribution in [3.8, 4) is 17.0 Å². The molecule has 0 aliphatic rings. The van der Waals surface area contributed by atoms with Crippen molar-refractivity contribution in [2.75, 3.05) is 12.4 Å². The van der Waals surface area contributed by atoms with E-state index in [0.29, 0.717) is 5.82 Å². The molecule has 0 bridgehead atoms. The number of benzene rings is 2. The van der Waals surface area contributed by atoms with Crippen molar-refractivity contribution in [1.29, 1.82) is 0 Å². The van der Waals surface area contributed by atoms with Crippen molar-refractivity contribution in [3.05, 3.63) is 61.1 Å². The number of fused-ring (bicyclic) bond motifs is 1. The van der Waals surface area contributed by atoms with Crippen molar-refractivity contribution in [2.24, 2.45) is 0 Å². The average Bonchev–Trinajstić information content (AvgIpc) is 3.10. The summed E-state index contributed by atoms with van der Waals surface area (Å²) in [7, 11) is 1.65. The molecule has 2 N–H and O–H groups in total. The minimum Gasteiger partial charge on any atom is -0.496 e. The molecule has 0 saturated heterocycles. The average molecular weight is 317 g/mol. The molecule has 2 heterocycles. The molecule has 6 nitrogen and oxygen atoms in total. The van der Waals surface area contributed by atoms with E-state index in [1.165, 1.54) is 0 Å². The third kappa shape index (κ3) is 2.65. The molecule has 0 radical (unpaired) electrons. The van der Waals surface area contributed by atoms with Crippen LogP contribution < -0.4 is 10.1 Å². The Labute approximate surface area is 138 Å². The quantitative estimate of drug-likeness (QED) is 0.599. The lowest BCUT2D eigenvalue weighted by atomic mass is 10.1. The minimum absolute atomic E-state index is 0.716. The number of nitrogens with zero attached hydrogens (tertiary/aromatic N) is 3. The van der Waals surface area contributed by atoms with E-state index >= 15 is 0 Å².